The third kappa shape index (κ3) is 3.47. The molecule has 0 aliphatic carbocycles. The molecule has 21 heavy (non-hydrogen) atoms. The Labute approximate surface area is 122 Å². The van der Waals surface area contributed by atoms with E-state index in [0.29, 0.717) is 19.0 Å². The summed E-state index contributed by atoms with van der Waals surface area (Å²) >= 11 is 0. The fraction of sp³-hybridized carbons (Fsp3) is 0.267. The third-order valence-corrected chi connectivity index (χ3v) is 3.25. The molecular weight excluding hydrogens is 268 g/mol. The van der Waals surface area contributed by atoms with Crippen LogP contribution in [0.25, 0.3) is 0 Å². The number of aromatic nitrogens is 2. The van der Waals surface area contributed by atoms with E-state index >= 15 is 0 Å². The molecule has 108 valence electrons. The minimum absolute atomic E-state index is 0.0806. The Kier molecular flexibility index (Phi) is 3.95. The Morgan fingerprint density at radius 1 is 1.19 bits per heavy atom. The van der Waals surface area contributed by atoms with Crippen LogP contribution in [0.5, 0.6) is 0 Å². The molecule has 1 aromatic heterocycles. The van der Waals surface area contributed by atoms with Crippen LogP contribution < -0.4 is 10.2 Å². The van der Waals surface area contributed by atoms with Crippen molar-refractivity contribution in [1.82, 2.24) is 15.3 Å². The lowest BCUT2D eigenvalue weighted by Crippen LogP contribution is -2.60. The van der Waals surface area contributed by atoms with Crippen molar-refractivity contribution in [3.8, 4) is 0 Å². The Morgan fingerprint density at radius 3 is 2.62 bits per heavy atom. The van der Waals surface area contributed by atoms with E-state index in [-0.39, 0.29) is 12.6 Å². The quantitative estimate of drug-likeness (QED) is 0.923. The molecule has 6 heteroatoms. The lowest BCUT2D eigenvalue weighted by Gasteiger charge is -2.39. The molecule has 6 nitrogen and oxygen atoms in total. The summed E-state index contributed by atoms with van der Waals surface area (Å²) in [5.74, 6) is 0.688. The average Bonchev–Trinajstić information content (AvgIpc) is 2.50. The summed E-state index contributed by atoms with van der Waals surface area (Å²) in [5.41, 5.74) is 0.973. The summed E-state index contributed by atoms with van der Waals surface area (Å²) in [7, 11) is 0. The smallest absolute Gasteiger partial charge is 0.407 e. The molecule has 1 aromatic carbocycles. The number of nitrogens with one attached hydrogen (secondary N) is 1. The van der Waals surface area contributed by atoms with Crippen LogP contribution in [-0.2, 0) is 11.3 Å². The molecule has 1 aliphatic rings. The van der Waals surface area contributed by atoms with Crippen molar-refractivity contribution in [3.63, 3.8) is 0 Å². The van der Waals surface area contributed by atoms with Crippen molar-refractivity contribution in [3.05, 3.63) is 54.4 Å². The molecule has 1 fully saturated rings. The zero-order valence-electron chi connectivity index (χ0n) is 11.5. The van der Waals surface area contributed by atoms with Crippen molar-refractivity contribution in [2.24, 2.45) is 0 Å². The van der Waals surface area contributed by atoms with E-state index in [1.54, 1.807) is 18.5 Å². The Hall–Kier alpha value is -2.63. The number of rotatable bonds is 4. The first-order valence-corrected chi connectivity index (χ1v) is 6.80. The first kappa shape index (κ1) is 13.4. The van der Waals surface area contributed by atoms with Gasteiger partial charge in [0.1, 0.15) is 6.61 Å². The van der Waals surface area contributed by atoms with Crippen LogP contribution in [0.3, 0.4) is 0 Å². The van der Waals surface area contributed by atoms with Crippen LogP contribution in [0.1, 0.15) is 5.56 Å². The van der Waals surface area contributed by atoms with Crippen molar-refractivity contribution in [1.29, 1.82) is 0 Å². The lowest BCUT2D eigenvalue weighted by atomic mass is 10.1. The van der Waals surface area contributed by atoms with Crippen molar-refractivity contribution in [2.75, 3.05) is 18.0 Å². The molecule has 1 N–H and O–H groups in total. The molecule has 0 saturated carbocycles. The predicted molar refractivity (Wildman–Crippen MR) is 77.8 cm³/mol. The van der Waals surface area contributed by atoms with Crippen molar-refractivity contribution < 1.29 is 9.53 Å². The molecule has 0 bridgehead atoms. The normalized spacial score (nSPS) is 14.4. The molecule has 2 aromatic rings. The summed E-state index contributed by atoms with van der Waals surface area (Å²) in [6, 6.07) is 11.5. The minimum Gasteiger partial charge on any atom is -0.445 e. The molecule has 3 rings (SSSR count). The summed E-state index contributed by atoms with van der Waals surface area (Å²) in [4.78, 5) is 22.0. The lowest BCUT2D eigenvalue weighted by molar-refractivity contribution is 0.133. The van der Waals surface area contributed by atoms with Crippen LogP contribution >= 0.6 is 0 Å². The number of hydrogen-bond donors (Lipinski definition) is 1. The zero-order chi connectivity index (χ0) is 14.5. The minimum atomic E-state index is -0.391. The maximum atomic E-state index is 11.7. The number of anilines is 1. The van der Waals surface area contributed by atoms with Gasteiger partial charge in [0, 0.05) is 25.5 Å². The van der Waals surface area contributed by atoms with Gasteiger partial charge in [-0.25, -0.2) is 14.8 Å². The standard InChI is InChI=1S/C15H16N4O2/c20-15(21-11-12-5-2-1-3-6-12)18-13-9-19(10-13)14-16-7-4-8-17-14/h1-8,13H,9-11H2,(H,18,20). The largest absolute Gasteiger partial charge is 0.445 e. The summed E-state index contributed by atoms with van der Waals surface area (Å²) < 4.78 is 5.18. The van der Waals surface area contributed by atoms with Crippen LogP contribution in [0.4, 0.5) is 10.7 Å². The van der Waals surface area contributed by atoms with E-state index < -0.39 is 6.09 Å². The summed E-state index contributed by atoms with van der Waals surface area (Å²) in [6.45, 7) is 1.68. The Morgan fingerprint density at radius 2 is 1.90 bits per heavy atom. The van der Waals surface area contributed by atoms with Gasteiger partial charge in [0.25, 0.3) is 0 Å². The molecule has 0 radical (unpaired) electrons. The van der Waals surface area contributed by atoms with Crippen LogP contribution in [0, 0.1) is 0 Å². The first-order chi connectivity index (χ1) is 10.3. The van der Waals surface area contributed by atoms with Gasteiger partial charge in [0.15, 0.2) is 0 Å². The van der Waals surface area contributed by atoms with E-state index in [1.807, 2.05) is 35.2 Å². The Bertz CT molecular complexity index is 585. The molecular formula is C15H16N4O2. The fourth-order valence-electron chi connectivity index (χ4n) is 2.12. The van der Waals surface area contributed by atoms with Crippen LogP contribution in [-0.4, -0.2) is 35.2 Å². The monoisotopic (exact) mass is 284 g/mol. The van der Waals surface area contributed by atoms with Gasteiger partial charge in [-0.1, -0.05) is 30.3 Å². The van der Waals surface area contributed by atoms with Gasteiger partial charge in [-0.2, -0.15) is 0 Å². The number of amides is 1. The highest BCUT2D eigenvalue weighted by Crippen LogP contribution is 2.15. The number of alkyl carbamates (subject to hydrolysis) is 1. The molecule has 1 aliphatic heterocycles. The van der Waals surface area contributed by atoms with E-state index in [1.165, 1.54) is 0 Å². The number of carbonyl (C=O) groups excluding carboxylic acids is 1. The highest BCUT2D eigenvalue weighted by Gasteiger charge is 2.30. The summed E-state index contributed by atoms with van der Waals surface area (Å²) in [5, 5.41) is 2.83. The summed E-state index contributed by atoms with van der Waals surface area (Å²) in [6.07, 6.45) is 3.02. The van der Waals surface area contributed by atoms with E-state index in [9.17, 15) is 4.79 Å². The van der Waals surface area contributed by atoms with Gasteiger partial charge in [0.05, 0.1) is 6.04 Å². The van der Waals surface area contributed by atoms with Crippen molar-refractivity contribution in [2.45, 2.75) is 12.6 Å². The second-order valence-electron chi connectivity index (χ2n) is 4.86. The number of carbonyl (C=O) groups is 1. The molecule has 2 heterocycles. The van der Waals surface area contributed by atoms with Gasteiger partial charge in [-0.15, -0.1) is 0 Å². The van der Waals surface area contributed by atoms with E-state index in [4.69, 9.17) is 4.74 Å². The average molecular weight is 284 g/mol. The second-order valence-corrected chi connectivity index (χ2v) is 4.86. The fourth-order valence-corrected chi connectivity index (χ4v) is 2.12. The number of ether oxygens (including phenoxy) is 1. The molecule has 0 spiro atoms. The highest BCUT2D eigenvalue weighted by atomic mass is 16.5. The van der Waals surface area contributed by atoms with E-state index in [0.717, 1.165) is 5.56 Å². The topological polar surface area (TPSA) is 67.4 Å². The van der Waals surface area contributed by atoms with Gasteiger partial charge in [0.2, 0.25) is 5.95 Å². The second kappa shape index (κ2) is 6.21. The maximum absolute atomic E-state index is 11.7. The number of nitrogens with zero attached hydrogens (tertiary/aromatic N) is 3. The van der Waals surface area contributed by atoms with Crippen LogP contribution in [0.2, 0.25) is 0 Å². The third-order valence-electron chi connectivity index (χ3n) is 3.25. The SMILES string of the molecule is O=C(NC1CN(c2ncccn2)C1)OCc1ccccc1. The first-order valence-electron chi connectivity index (χ1n) is 6.80. The number of benzene rings is 1. The van der Waals surface area contributed by atoms with Gasteiger partial charge < -0.3 is 15.0 Å². The molecule has 1 saturated heterocycles. The molecule has 1 amide bonds. The Balaban J connectivity index is 1.39. The van der Waals surface area contributed by atoms with Gasteiger partial charge >= 0.3 is 6.09 Å². The van der Waals surface area contributed by atoms with Crippen LogP contribution in [0.15, 0.2) is 48.8 Å². The molecule has 0 atom stereocenters. The van der Waals surface area contributed by atoms with Gasteiger partial charge in [-0.3, -0.25) is 0 Å². The molecule has 0 unspecified atom stereocenters. The van der Waals surface area contributed by atoms with Crippen molar-refractivity contribution >= 4 is 12.0 Å². The highest BCUT2D eigenvalue weighted by molar-refractivity contribution is 5.68. The van der Waals surface area contributed by atoms with E-state index in [2.05, 4.69) is 15.3 Å². The van der Waals surface area contributed by atoms with Gasteiger partial charge in [-0.05, 0) is 11.6 Å². The maximum Gasteiger partial charge on any atom is 0.407 e. The number of hydrogen-bond acceptors (Lipinski definition) is 5. The zero-order valence-corrected chi connectivity index (χ0v) is 11.5. The predicted octanol–water partition coefficient (Wildman–Crippen LogP) is 1.59.